The Morgan fingerprint density at radius 1 is 1.42 bits per heavy atom. The summed E-state index contributed by atoms with van der Waals surface area (Å²) >= 11 is 0. The van der Waals surface area contributed by atoms with Crippen LogP contribution in [0.25, 0.3) is 6.08 Å². The Kier molecular flexibility index (Phi) is 6.70. The third-order valence-electron chi connectivity index (χ3n) is 6.31. The fourth-order valence-corrected chi connectivity index (χ4v) is 5.54. The van der Waals surface area contributed by atoms with Gasteiger partial charge in [-0.05, 0) is 36.6 Å². The van der Waals surface area contributed by atoms with Crippen molar-refractivity contribution in [2.75, 3.05) is 32.6 Å². The smallest absolute Gasteiger partial charge is 0.258 e. The molecule has 1 unspecified atom stereocenters. The number of rotatable bonds is 8. The van der Waals surface area contributed by atoms with E-state index in [0.717, 1.165) is 6.07 Å². The minimum absolute atomic E-state index is 0.0203. The van der Waals surface area contributed by atoms with Crippen molar-refractivity contribution in [2.24, 2.45) is 0 Å². The highest BCUT2D eigenvalue weighted by Crippen LogP contribution is 2.46. The van der Waals surface area contributed by atoms with Crippen molar-refractivity contribution in [1.29, 1.82) is 5.26 Å². The number of hydrogen-bond acceptors (Lipinski definition) is 9. The van der Waals surface area contributed by atoms with Crippen molar-refractivity contribution < 1.29 is 27.4 Å². The highest BCUT2D eigenvalue weighted by Gasteiger charge is 2.56. The first kappa shape index (κ1) is 25.5. The van der Waals surface area contributed by atoms with Gasteiger partial charge in [-0.15, -0.1) is 5.10 Å². The van der Waals surface area contributed by atoms with Crippen LogP contribution in [0.2, 0.25) is 0 Å². The SMILES string of the molecule is CN1c2c(cnnc2OCC2(S(=O)(=O)N(C)C)CC2)C=C(C(=O)NCc2ccc(C#N)c(F)c2)C1O. The van der Waals surface area contributed by atoms with Gasteiger partial charge in [0.2, 0.25) is 10.0 Å². The highest BCUT2D eigenvalue weighted by atomic mass is 32.2. The van der Waals surface area contributed by atoms with Gasteiger partial charge in [-0.1, -0.05) is 6.07 Å². The molecule has 1 fully saturated rings. The first-order valence-electron chi connectivity index (χ1n) is 11.0. The third kappa shape index (κ3) is 4.50. The molecule has 2 N–H and O–H groups in total. The molecule has 1 amide bonds. The van der Waals surface area contributed by atoms with Gasteiger partial charge in [0, 0.05) is 33.3 Å². The fourth-order valence-electron chi connectivity index (χ4n) is 3.94. The number of hydrogen-bond donors (Lipinski definition) is 2. The lowest BCUT2D eigenvalue weighted by atomic mass is 10.0. The molecule has 1 aliphatic carbocycles. The van der Waals surface area contributed by atoms with Gasteiger partial charge in [0.25, 0.3) is 11.8 Å². The number of sulfonamides is 1. The standard InChI is InChI=1S/C23H25FN6O5S/c1-29(2)36(33,34)23(6-7-23)13-35-21-19-16(12-27-28-21)9-17(22(32)30(19)3)20(31)26-11-14-4-5-15(10-25)18(24)8-14/h4-5,8-9,12,22,32H,6-7,11,13H2,1-3H3,(H,26,31). The van der Waals surface area contributed by atoms with E-state index in [0.29, 0.717) is 29.7 Å². The van der Waals surface area contributed by atoms with Crippen LogP contribution in [0.3, 0.4) is 0 Å². The minimum atomic E-state index is -3.54. The summed E-state index contributed by atoms with van der Waals surface area (Å²) in [5.74, 6) is -1.23. The molecular weight excluding hydrogens is 491 g/mol. The number of aliphatic hydroxyl groups is 1. The van der Waals surface area contributed by atoms with Gasteiger partial charge in [0.1, 0.15) is 28.9 Å². The second kappa shape index (κ2) is 9.45. The number of halogens is 1. The number of nitrogens with zero attached hydrogens (tertiary/aromatic N) is 5. The van der Waals surface area contributed by atoms with Crippen LogP contribution in [-0.2, 0) is 21.4 Å². The lowest BCUT2D eigenvalue weighted by Gasteiger charge is -2.33. The number of nitrogens with one attached hydrogen (secondary N) is 1. The Bertz CT molecular complexity index is 1380. The van der Waals surface area contributed by atoms with E-state index in [1.165, 1.54) is 54.8 Å². The molecule has 2 heterocycles. The molecule has 0 spiro atoms. The van der Waals surface area contributed by atoms with E-state index < -0.39 is 32.7 Å². The molecule has 1 atom stereocenters. The second-order valence-electron chi connectivity index (χ2n) is 8.91. The Labute approximate surface area is 207 Å². The average molecular weight is 517 g/mol. The third-order valence-corrected chi connectivity index (χ3v) is 8.89. The highest BCUT2D eigenvalue weighted by molar-refractivity contribution is 7.90. The van der Waals surface area contributed by atoms with E-state index in [9.17, 15) is 22.7 Å². The molecule has 1 aromatic heterocycles. The summed E-state index contributed by atoms with van der Waals surface area (Å²) in [6.45, 7) is -0.145. The van der Waals surface area contributed by atoms with Crippen molar-refractivity contribution in [3.63, 3.8) is 0 Å². The number of fused-ring (bicyclic) bond motifs is 1. The van der Waals surface area contributed by atoms with Crippen molar-refractivity contribution >= 4 is 27.7 Å². The molecule has 4 rings (SSSR count). The zero-order valence-corrected chi connectivity index (χ0v) is 20.7. The lowest BCUT2D eigenvalue weighted by Crippen LogP contribution is -2.42. The molecule has 1 aromatic carbocycles. The average Bonchev–Trinajstić information content (AvgIpc) is 3.65. The van der Waals surface area contributed by atoms with Gasteiger partial charge >= 0.3 is 0 Å². The Morgan fingerprint density at radius 3 is 2.75 bits per heavy atom. The maximum absolute atomic E-state index is 13.8. The van der Waals surface area contributed by atoms with Gasteiger partial charge in [0.05, 0.1) is 17.3 Å². The number of ether oxygens (including phenoxy) is 1. The first-order valence-corrected chi connectivity index (χ1v) is 12.4. The van der Waals surface area contributed by atoms with Crippen LogP contribution in [0.1, 0.15) is 29.5 Å². The molecule has 1 aliphatic heterocycles. The maximum Gasteiger partial charge on any atom is 0.258 e. The van der Waals surface area contributed by atoms with E-state index >= 15 is 0 Å². The summed E-state index contributed by atoms with van der Waals surface area (Å²) in [5.41, 5.74) is 1.18. The summed E-state index contributed by atoms with van der Waals surface area (Å²) in [5, 5.41) is 30.2. The molecule has 190 valence electrons. The van der Waals surface area contributed by atoms with Crippen LogP contribution in [0, 0.1) is 17.1 Å². The summed E-state index contributed by atoms with van der Waals surface area (Å²) in [6.07, 6.45) is 2.41. The number of carbonyl (C=O) groups excluding carboxylic acids is 1. The molecule has 0 radical (unpaired) electrons. The quantitative estimate of drug-likeness (QED) is 0.519. The van der Waals surface area contributed by atoms with Crippen LogP contribution in [0.5, 0.6) is 5.88 Å². The summed E-state index contributed by atoms with van der Waals surface area (Å²) in [7, 11) is 0.938. The number of nitriles is 1. The molecule has 0 bridgehead atoms. The van der Waals surface area contributed by atoms with Gasteiger partial charge < -0.3 is 20.1 Å². The summed E-state index contributed by atoms with van der Waals surface area (Å²) in [4.78, 5) is 14.2. The summed E-state index contributed by atoms with van der Waals surface area (Å²) < 4.78 is 45.1. The minimum Gasteiger partial charge on any atom is -0.473 e. The summed E-state index contributed by atoms with van der Waals surface area (Å²) in [6, 6.07) is 5.74. The Morgan fingerprint density at radius 2 is 2.14 bits per heavy atom. The molecule has 2 aromatic rings. The van der Waals surface area contributed by atoms with Crippen LogP contribution < -0.4 is 15.0 Å². The van der Waals surface area contributed by atoms with Crippen LogP contribution >= 0.6 is 0 Å². The zero-order chi connectivity index (χ0) is 26.3. The van der Waals surface area contributed by atoms with Gasteiger partial charge in [-0.25, -0.2) is 17.1 Å². The number of aliphatic hydroxyl groups excluding tert-OH is 1. The molecule has 2 aliphatic rings. The van der Waals surface area contributed by atoms with Crippen LogP contribution in [0.4, 0.5) is 10.1 Å². The second-order valence-corrected chi connectivity index (χ2v) is 11.5. The number of anilines is 1. The molecule has 0 saturated heterocycles. The van der Waals surface area contributed by atoms with Gasteiger partial charge in [0.15, 0.2) is 6.23 Å². The van der Waals surface area contributed by atoms with Crippen LogP contribution in [-0.4, -0.2) is 72.7 Å². The number of benzene rings is 1. The molecule has 1 saturated carbocycles. The van der Waals surface area contributed by atoms with Crippen molar-refractivity contribution in [1.82, 2.24) is 19.8 Å². The topological polar surface area (TPSA) is 149 Å². The monoisotopic (exact) mass is 516 g/mol. The molecule has 13 heteroatoms. The molecule has 11 nitrogen and oxygen atoms in total. The van der Waals surface area contributed by atoms with E-state index in [2.05, 4.69) is 15.5 Å². The normalized spacial score (nSPS) is 18.2. The number of likely N-dealkylation sites (N-methyl/N-ethyl adjacent to an activating group) is 1. The van der Waals surface area contributed by atoms with Crippen molar-refractivity contribution in [3.05, 3.63) is 52.5 Å². The van der Waals surface area contributed by atoms with E-state index in [4.69, 9.17) is 10.00 Å². The fraction of sp³-hybridized carbons (Fsp3) is 0.391. The van der Waals surface area contributed by atoms with Gasteiger partial charge in [-0.2, -0.15) is 10.4 Å². The van der Waals surface area contributed by atoms with E-state index in [1.54, 1.807) is 6.07 Å². The first-order chi connectivity index (χ1) is 17.0. The Balaban J connectivity index is 1.52. The van der Waals surface area contributed by atoms with Crippen LogP contribution in [0.15, 0.2) is 30.0 Å². The van der Waals surface area contributed by atoms with E-state index in [1.807, 2.05) is 0 Å². The number of amides is 1. The van der Waals surface area contributed by atoms with Gasteiger partial charge in [-0.3, -0.25) is 4.79 Å². The predicted molar refractivity (Wildman–Crippen MR) is 127 cm³/mol. The molecular formula is C23H25FN6O5S. The van der Waals surface area contributed by atoms with Crippen molar-refractivity contribution in [2.45, 2.75) is 30.4 Å². The number of carbonyl (C=O) groups is 1. The maximum atomic E-state index is 13.8. The largest absolute Gasteiger partial charge is 0.473 e. The van der Waals surface area contributed by atoms with Crippen molar-refractivity contribution in [3.8, 4) is 11.9 Å². The molecule has 36 heavy (non-hydrogen) atoms. The lowest BCUT2D eigenvalue weighted by molar-refractivity contribution is -0.118. The number of aromatic nitrogens is 2. The van der Waals surface area contributed by atoms with E-state index in [-0.39, 0.29) is 30.2 Å². The zero-order valence-electron chi connectivity index (χ0n) is 19.9. The predicted octanol–water partition coefficient (Wildman–Crippen LogP) is 0.758. The Hall–Kier alpha value is -3.60.